The zero-order valence-electron chi connectivity index (χ0n) is 19.0. The lowest BCUT2D eigenvalue weighted by Gasteiger charge is -2.40. The maximum Gasteiger partial charge on any atom is 0.164 e. The lowest BCUT2D eigenvalue weighted by atomic mass is 9.68. The van der Waals surface area contributed by atoms with Gasteiger partial charge in [-0.3, -0.25) is 9.59 Å². The number of hydrogen-bond donors (Lipinski definition) is 2. The van der Waals surface area contributed by atoms with Crippen LogP contribution in [0.4, 0.5) is 0 Å². The SMILES string of the molecule is CNC1(c2ccc(C)cc2)CCCC(c2cc(C)cc(C3(N)CCCCC3=O)c2)C1=O. The van der Waals surface area contributed by atoms with Gasteiger partial charge in [-0.05, 0) is 69.7 Å². The van der Waals surface area contributed by atoms with Crippen LogP contribution in [0.2, 0.25) is 0 Å². The topological polar surface area (TPSA) is 72.2 Å². The normalized spacial score (nSPS) is 29.2. The summed E-state index contributed by atoms with van der Waals surface area (Å²) < 4.78 is 0. The Kier molecular flexibility index (Phi) is 5.89. The number of carbonyl (C=O) groups is 2. The molecule has 2 aliphatic carbocycles. The first kappa shape index (κ1) is 21.9. The van der Waals surface area contributed by atoms with Gasteiger partial charge in [0.2, 0.25) is 0 Å². The van der Waals surface area contributed by atoms with E-state index in [1.165, 1.54) is 5.56 Å². The van der Waals surface area contributed by atoms with Crippen molar-refractivity contribution < 1.29 is 9.59 Å². The average Bonchev–Trinajstić information content (AvgIpc) is 2.76. The number of ketones is 2. The molecule has 31 heavy (non-hydrogen) atoms. The lowest BCUT2D eigenvalue weighted by Crippen LogP contribution is -2.52. The van der Waals surface area contributed by atoms with E-state index in [4.69, 9.17) is 5.73 Å². The molecule has 2 aromatic rings. The van der Waals surface area contributed by atoms with Crippen LogP contribution in [0.15, 0.2) is 42.5 Å². The second-order valence-corrected chi connectivity index (χ2v) is 9.56. The lowest BCUT2D eigenvalue weighted by molar-refractivity contribution is -0.129. The van der Waals surface area contributed by atoms with Crippen molar-refractivity contribution in [3.05, 3.63) is 70.3 Å². The minimum atomic E-state index is -0.923. The summed E-state index contributed by atoms with van der Waals surface area (Å²) in [6, 6.07) is 14.5. The predicted octanol–water partition coefficient (Wildman–Crippen LogP) is 4.55. The summed E-state index contributed by atoms with van der Waals surface area (Å²) in [5.41, 5.74) is 10.2. The molecule has 0 heterocycles. The number of nitrogens with two attached hydrogens (primary N) is 1. The van der Waals surface area contributed by atoms with Crippen LogP contribution >= 0.6 is 0 Å². The maximum absolute atomic E-state index is 13.9. The van der Waals surface area contributed by atoms with E-state index in [0.717, 1.165) is 54.4 Å². The van der Waals surface area contributed by atoms with Crippen molar-refractivity contribution in [1.29, 1.82) is 0 Å². The van der Waals surface area contributed by atoms with Gasteiger partial charge in [-0.1, -0.05) is 60.0 Å². The number of nitrogens with one attached hydrogen (secondary N) is 1. The van der Waals surface area contributed by atoms with E-state index >= 15 is 0 Å². The number of likely N-dealkylation sites (N-methyl/N-ethyl adjacent to an activating group) is 1. The van der Waals surface area contributed by atoms with E-state index in [2.05, 4.69) is 42.6 Å². The molecule has 164 valence electrons. The zero-order chi connectivity index (χ0) is 22.2. The van der Waals surface area contributed by atoms with Crippen LogP contribution in [0.3, 0.4) is 0 Å². The van der Waals surface area contributed by atoms with Crippen LogP contribution in [0.5, 0.6) is 0 Å². The first-order chi connectivity index (χ1) is 14.8. The third-order valence-electron chi connectivity index (χ3n) is 7.49. The fourth-order valence-corrected chi connectivity index (χ4v) is 5.59. The smallest absolute Gasteiger partial charge is 0.164 e. The fourth-order valence-electron chi connectivity index (χ4n) is 5.59. The van der Waals surface area contributed by atoms with Crippen LogP contribution in [-0.4, -0.2) is 18.6 Å². The number of aryl methyl sites for hydroxylation is 2. The Hall–Kier alpha value is -2.30. The van der Waals surface area contributed by atoms with Crippen LogP contribution in [0, 0.1) is 13.8 Å². The van der Waals surface area contributed by atoms with Crippen molar-refractivity contribution in [3.8, 4) is 0 Å². The van der Waals surface area contributed by atoms with Crippen LogP contribution in [-0.2, 0) is 20.7 Å². The molecule has 0 saturated heterocycles. The highest BCUT2D eigenvalue weighted by Crippen LogP contribution is 2.43. The van der Waals surface area contributed by atoms with Gasteiger partial charge in [0.15, 0.2) is 11.6 Å². The maximum atomic E-state index is 13.9. The highest BCUT2D eigenvalue weighted by molar-refractivity contribution is 5.96. The summed E-state index contributed by atoms with van der Waals surface area (Å²) in [7, 11) is 1.89. The third-order valence-corrected chi connectivity index (χ3v) is 7.49. The van der Waals surface area contributed by atoms with Gasteiger partial charge in [0.1, 0.15) is 11.1 Å². The third kappa shape index (κ3) is 3.77. The molecule has 3 atom stereocenters. The molecule has 0 radical (unpaired) electrons. The van der Waals surface area contributed by atoms with Gasteiger partial charge in [-0.25, -0.2) is 0 Å². The molecule has 4 nitrogen and oxygen atoms in total. The van der Waals surface area contributed by atoms with E-state index in [1.54, 1.807) is 0 Å². The van der Waals surface area contributed by atoms with E-state index in [1.807, 2.05) is 26.1 Å². The van der Waals surface area contributed by atoms with Crippen molar-refractivity contribution >= 4 is 11.6 Å². The Labute approximate surface area is 185 Å². The summed E-state index contributed by atoms with van der Waals surface area (Å²) in [6.07, 6.45) is 5.67. The van der Waals surface area contributed by atoms with Gasteiger partial charge < -0.3 is 11.1 Å². The summed E-state index contributed by atoms with van der Waals surface area (Å²) in [4.78, 5) is 26.7. The molecule has 2 fully saturated rings. The monoisotopic (exact) mass is 418 g/mol. The van der Waals surface area contributed by atoms with E-state index in [-0.39, 0.29) is 17.5 Å². The predicted molar refractivity (Wildman–Crippen MR) is 124 cm³/mol. The number of rotatable bonds is 4. The van der Waals surface area contributed by atoms with Crippen LogP contribution in [0.1, 0.15) is 78.7 Å². The summed E-state index contributed by atoms with van der Waals surface area (Å²) >= 11 is 0. The molecule has 4 heteroatoms. The Morgan fingerprint density at radius 1 is 0.903 bits per heavy atom. The number of carbonyl (C=O) groups excluding carboxylic acids is 2. The summed E-state index contributed by atoms with van der Waals surface area (Å²) in [5, 5.41) is 3.38. The molecular weight excluding hydrogens is 384 g/mol. The molecular formula is C27H34N2O2. The molecule has 2 aromatic carbocycles. The molecule has 3 N–H and O–H groups in total. The standard InChI is InChI=1S/C27H34N2O2/c1-18-9-11-21(12-10-18)27(29-3)14-6-7-23(25(27)31)20-15-19(2)16-22(17-20)26(28)13-5-4-8-24(26)30/h9-12,15-17,23,29H,4-8,13-14,28H2,1-3H3. The second-order valence-electron chi connectivity index (χ2n) is 9.56. The zero-order valence-corrected chi connectivity index (χ0v) is 19.0. The highest BCUT2D eigenvalue weighted by atomic mass is 16.1. The van der Waals surface area contributed by atoms with Crippen molar-refractivity contribution in [2.75, 3.05) is 7.05 Å². The molecule has 0 bridgehead atoms. The summed E-state index contributed by atoms with van der Waals surface area (Å²) in [5.74, 6) is 0.126. The van der Waals surface area contributed by atoms with Gasteiger partial charge >= 0.3 is 0 Å². The van der Waals surface area contributed by atoms with Crippen molar-refractivity contribution in [1.82, 2.24) is 5.32 Å². The molecule has 0 aliphatic heterocycles. The number of benzene rings is 2. The Bertz CT molecular complexity index is 997. The first-order valence-corrected chi connectivity index (χ1v) is 11.5. The minimum Gasteiger partial charge on any atom is -0.315 e. The van der Waals surface area contributed by atoms with Crippen molar-refractivity contribution in [2.45, 2.75) is 75.8 Å². The highest BCUT2D eigenvalue weighted by Gasteiger charge is 2.46. The minimum absolute atomic E-state index is 0.120. The Morgan fingerprint density at radius 3 is 2.32 bits per heavy atom. The van der Waals surface area contributed by atoms with Crippen molar-refractivity contribution in [2.24, 2.45) is 5.73 Å². The van der Waals surface area contributed by atoms with Gasteiger partial charge in [0.25, 0.3) is 0 Å². The fraction of sp³-hybridized carbons (Fsp3) is 0.481. The first-order valence-electron chi connectivity index (χ1n) is 11.5. The van der Waals surface area contributed by atoms with Gasteiger partial charge in [-0.2, -0.15) is 0 Å². The molecule has 0 aromatic heterocycles. The van der Waals surface area contributed by atoms with Crippen molar-refractivity contribution in [3.63, 3.8) is 0 Å². The van der Waals surface area contributed by atoms with E-state index in [9.17, 15) is 9.59 Å². The number of Topliss-reactive ketones (excluding diaryl/α,β-unsaturated/α-hetero) is 2. The quantitative estimate of drug-likeness (QED) is 0.764. The molecule has 0 spiro atoms. The molecule has 2 aliphatic rings. The van der Waals surface area contributed by atoms with E-state index in [0.29, 0.717) is 12.8 Å². The van der Waals surface area contributed by atoms with Gasteiger partial charge in [-0.15, -0.1) is 0 Å². The molecule has 0 amide bonds. The van der Waals surface area contributed by atoms with E-state index < -0.39 is 11.1 Å². The summed E-state index contributed by atoms with van der Waals surface area (Å²) in [6.45, 7) is 4.09. The Morgan fingerprint density at radius 2 is 1.65 bits per heavy atom. The van der Waals surface area contributed by atoms with Crippen LogP contribution in [0.25, 0.3) is 0 Å². The second kappa shape index (κ2) is 8.33. The van der Waals surface area contributed by atoms with Gasteiger partial charge in [0, 0.05) is 12.3 Å². The number of hydrogen-bond acceptors (Lipinski definition) is 4. The Balaban J connectivity index is 1.74. The van der Waals surface area contributed by atoms with Gasteiger partial charge in [0.05, 0.1) is 0 Å². The molecule has 4 rings (SSSR count). The molecule has 2 saturated carbocycles. The average molecular weight is 419 g/mol. The van der Waals surface area contributed by atoms with Crippen LogP contribution < -0.4 is 11.1 Å². The molecule has 3 unspecified atom stereocenters. The largest absolute Gasteiger partial charge is 0.315 e.